The van der Waals surface area contributed by atoms with Crippen LogP contribution in [0.4, 0.5) is 0 Å². The van der Waals surface area contributed by atoms with Crippen molar-refractivity contribution in [1.29, 1.82) is 0 Å². The first-order chi connectivity index (χ1) is 9.95. The van der Waals surface area contributed by atoms with Gasteiger partial charge in [-0.1, -0.05) is 31.5 Å². The van der Waals surface area contributed by atoms with E-state index in [1.807, 2.05) is 31.2 Å². The third-order valence-electron chi connectivity index (χ3n) is 3.38. The molecule has 2 rings (SSSR count). The molecule has 2 nitrogen and oxygen atoms in total. The van der Waals surface area contributed by atoms with E-state index in [1.54, 1.807) is 0 Å². The van der Waals surface area contributed by atoms with Gasteiger partial charge in [0.25, 0.3) is 0 Å². The van der Waals surface area contributed by atoms with Crippen molar-refractivity contribution < 1.29 is 4.74 Å². The molecule has 0 atom stereocenters. The van der Waals surface area contributed by atoms with Crippen LogP contribution in [-0.2, 0) is 6.54 Å². The molecule has 0 aromatic heterocycles. The Morgan fingerprint density at radius 2 is 1.81 bits per heavy atom. The number of ether oxygens (including phenoxy) is 1. The maximum atomic E-state index is 5.96. The average molecular weight is 304 g/mol. The molecule has 0 fully saturated rings. The zero-order chi connectivity index (χ0) is 15.4. The molecular weight excluding hydrogens is 282 g/mol. The molecule has 3 heteroatoms. The van der Waals surface area contributed by atoms with E-state index in [1.165, 1.54) is 11.1 Å². The third kappa shape index (κ3) is 4.48. The van der Waals surface area contributed by atoms with Crippen molar-refractivity contribution in [3.05, 3.63) is 58.1 Å². The van der Waals surface area contributed by atoms with Gasteiger partial charge in [0.2, 0.25) is 0 Å². The van der Waals surface area contributed by atoms with Crippen molar-refractivity contribution in [3.8, 4) is 11.5 Å². The van der Waals surface area contributed by atoms with E-state index in [-0.39, 0.29) is 0 Å². The minimum atomic E-state index is 0.483. The lowest BCUT2D eigenvalue weighted by molar-refractivity contribution is 0.478. The molecule has 1 N–H and O–H groups in total. The molecule has 0 aliphatic rings. The Hall–Kier alpha value is -1.51. The van der Waals surface area contributed by atoms with Crippen molar-refractivity contribution in [3.63, 3.8) is 0 Å². The summed E-state index contributed by atoms with van der Waals surface area (Å²) >= 11 is 5.96. The highest BCUT2D eigenvalue weighted by atomic mass is 35.5. The Labute approximate surface area is 132 Å². The van der Waals surface area contributed by atoms with Gasteiger partial charge in [0, 0.05) is 17.6 Å². The second kappa shape index (κ2) is 6.97. The molecule has 0 saturated carbocycles. The van der Waals surface area contributed by atoms with Gasteiger partial charge in [0.05, 0.1) is 0 Å². The molecule has 0 aliphatic carbocycles. The predicted molar refractivity (Wildman–Crippen MR) is 89.4 cm³/mol. The number of hydrogen-bond donors (Lipinski definition) is 1. The molecule has 0 bridgehead atoms. The smallest absolute Gasteiger partial charge is 0.130 e. The van der Waals surface area contributed by atoms with Gasteiger partial charge in [-0.15, -0.1) is 0 Å². The molecule has 21 heavy (non-hydrogen) atoms. The lowest BCUT2D eigenvalue weighted by atomic mass is 10.1. The van der Waals surface area contributed by atoms with Gasteiger partial charge in [-0.05, 0) is 60.9 Å². The van der Waals surface area contributed by atoms with Crippen LogP contribution < -0.4 is 10.1 Å². The van der Waals surface area contributed by atoms with Crippen LogP contribution in [0, 0.1) is 13.8 Å². The van der Waals surface area contributed by atoms with Crippen LogP contribution in [0.1, 0.15) is 30.5 Å². The Kier molecular flexibility index (Phi) is 5.27. The number of rotatable bonds is 5. The van der Waals surface area contributed by atoms with Crippen molar-refractivity contribution in [2.24, 2.45) is 0 Å². The Morgan fingerprint density at radius 1 is 1.05 bits per heavy atom. The zero-order valence-corrected chi connectivity index (χ0v) is 13.8. The fourth-order valence-electron chi connectivity index (χ4n) is 2.10. The number of halogens is 1. The van der Waals surface area contributed by atoms with E-state index in [2.05, 4.69) is 38.2 Å². The highest BCUT2D eigenvalue weighted by molar-refractivity contribution is 6.30. The van der Waals surface area contributed by atoms with Crippen molar-refractivity contribution in [2.45, 2.75) is 40.3 Å². The average Bonchev–Trinajstić information content (AvgIpc) is 2.41. The first-order valence-corrected chi connectivity index (χ1v) is 7.60. The summed E-state index contributed by atoms with van der Waals surface area (Å²) in [4.78, 5) is 0. The largest absolute Gasteiger partial charge is 0.457 e. The van der Waals surface area contributed by atoms with E-state index in [0.717, 1.165) is 28.6 Å². The molecule has 0 radical (unpaired) electrons. The van der Waals surface area contributed by atoms with Gasteiger partial charge in [-0.3, -0.25) is 0 Å². The summed E-state index contributed by atoms with van der Waals surface area (Å²) in [6.07, 6.45) is 0. The molecule has 0 amide bonds. The summed E-state index contributed by atoms with van der Waals surface area (Å²) in [6, 6.07) is 12.3. The van der Waals surface area contributed by atoms with E-state index in [9.17, 15) is 0 Å². The summed E-state index contributed by atoms with van der Waals surface area (Å²) in [5, 5.41) is 4.16. The summed E-state index contributed by atoms with van der Waals surface area (Å²) in [7, 11) is 0. The number of hydrogen-bond acceptors (Lipinski definition) is 2. The van der Waals surface area contributed by atoms with Crippen molar-refractivity contribution in [2.75, 3.05) is 0 Å². The first kappa shape index (κ1) is 15.9. The Morgan fingerprint density at radius 3 is 2.43 bits per heavy atom. The number of benzene rings is 2. The topological polar surface area (TPSA) is 21.3 Å². The molecule has 112 valence electrons. The van der Waals surface area contributed by atoms with Crippen LogP contribution in [0.2, 0.25) is 5.02 Å². The quantitative estimate of drug-likeness (QED) is 0.815. The molecule has 0 unspecified atom stereocenters. The van der Waals surface area contributed by atoms with Crippen molar-refractivity contribution >= 4 is 11.6 Å². The second-order valence-corrected chi connectivity index (χ2v) is 6.07. The molecule has 0 heterocycles. The maximum absolute atomic E-state index is 5.96. The van der Waals surface area contributed by atoms with Crippen LogP contribution in [-0.4, -0.2) is 6.04 Å². The molecule has 0 spiro atoms. The lowest BCUT2D eigenvalue weighted by Crippen LogP contribution is -2.22. The van der Waals surface area contributed by atoms with Crippen LogP contribution in [0.15, 0.2) is 36.4 Å². The summed E-state index contributed by atoms with van der Waals surface area (Å²) in [5.41, 5.74) is 3.56. The Bertz CT molecular complexity index is 623. The lowest BCUT2D eigenvalue weighted by Gasteiger charge is -2.13. The van der Waals surface area contributed by atoms with E-state index in [0.29, 0.717) is 6.04 Å². The van der Waals surface area contributed by atoms with E-state index < -0.39 is 0 Å². The van der Waals surface area contributed by atoms with E-state index in [4.69, 9.17) is 16.3 Å². The SMILES string of the molecule is Cc1cc(Oc2ccc(Cl)cc2C)ccc1CNC(C)C. The fraction of sp³-hybridized carbons (Fsp3) is 0.333. The van der Waals surface area contributed by atoms with Gasteiger partial charge < -0.3 is 10.1 Å². The number of nitrogens with one attached hydrogen (secondary N) is 1. The van der Waals surface area contributed by atoms with Gasteiger partial charge in [-0.25, -0.2) is 0 Å². The maximum Gasteiger partial charge on any atom is 0.130 e. The summed E-state index contributed by atoms with van der Waals surface area (Å²) in [6.45, 7) is 9.28. The normalized spacial score (nSPS) is 11.0. The van der Waals surface area contributed by atoms with Gasteiger partial charge in [0.15, 0.2) is 0 Å². The minimum absolute atomic E-state index is 0.483. The van der Waals surface area contributed by atoms with Crippen LogP contribution in [0.25, 0.3) is 0 Å². The molecule has 0 saturated heterocycles. The van der Waals surface area contributed by atoms with E-state index >= 15 is 0 Å². The first-order valence-electron chi connectivity index (χ1n) is 7.22. The van der Waals surface area contributed by atoms with Crippen LogP contribution in [0.5, 0.6) is 11.5 Å². The Balaban J connectivity index is 2.12. The monoisotopic (exact) mass is 303 g/mol. The highest BCUT2D eigenvalue weighted by Crippen LogP contribution is 2.28. The van der Waals surface area contributed by atoms with Gasteiger partial charge >= 0.3 is 0 Å². The summed E-state index contributed by atoms with van der Waals surface area (Å²) in [5.74, 6) is 1.69. The highest BCUT2D eigenvalue weighted by Gasteiger charge is 2.05. The van der Waals surface area contributed by atoms with Gasteiger partial charge in [-0.2, -0.15) is 0 Å². The molecule has 2 aromatic rings. The second-order valence-electron chi connectivity index (χ2n) is 5.64. The predicted octanol–water partition coefficient (Wildman–Crippen LogP) is 5.25. The standard InChI is InChI=1S/C18H22ClNO/c1-12(2)20-11-15-5-7-17(10-13(15)3)21-18-8-6-16(19)9-14(18)4/h5-10,12,20H,11H2,1-4H3. The van der Waals surface area contributed by atoms with Crippen molar-refractivity contribution in [1.82, 2.24) is 5.32 Å². The summed E-state index contributed by atoms with van der Waals surface area (Å²) < 4.78 is 5.95. The molecule has 0 aliphatic heterocycles. The molecular formula is C18H22ClNO. The van der Waals surface area contributed by atoms with Crippen LogP contribution in [0.3, 0.4) is 0 Å². The molecule has 2 aromatic carbocycles. The van der Waals surface area contributed by atoms with Crippen LogP contribution >= 0.6 is 11.6 Å². The fourth-order valence-corrected chi connectivity index (χ4v) is 2.33. The van der Waals surface area contributed by atoms with Gasteiger partial charge in [0.1, 0.15) is 11.5 Å². The third-order valence-corrected chi connectivity index (χ3v) is 3.61. The minimum Gasteiger partial charge on any atom is -0.457 e. The zero-order valence-electron chi connectivity index (χ0n) is 13.0. The number of aryl methyl sites for hydroxylation is 2.